The van der Waals surface area contributed by atoms with Gasteiger partial charge in [-0.25, -0.2) is 0 Å². The molecule has 1 heterocycles. The Morgan fingerprint density at radius 1 is 1.20 bits per heavy atom. The molecule has 0 fully saturated rings. The fourth-order valence-electron chi connectivity index (χ4n) is 1.80. The van der Waals surface area contributed by atoms with Crippen molar-refractivity contribution < 1.29 is 9.59 Å². The second-order valence-corrected chi connectivity index (χ2v) is 5.47. The molecule has 1 aromatic heterocycles. The molecule has 0 aliphatic rings. The van der Waals surface area contributed by atoms with Crippen LogP contribution in [0.1, 0.15) is 20.8 Å². The van der Waals surface area contributed by atoms with Crippen LogP contribution >= 0.6 is 11.3 Å². The van der Waals surface area contributed by atoms with Crippen molar-refractivity contribution >= 4 is 28.8 Å². The summed E-state index contributed by atoms with van der Waals surface area (Å²) >= 11 is 1.35. The third-order valence-corrected chi connectivity index (χ3v) is 3.68. The van der Waals surface area contributed by atoms with E-state index in [0.29, 0.717) is 4.88 Å². The Kier molecular flexibility index (Phi) is 4.53. The number of benzene rings is 1. The van der Waals surface area contributed by atoms with Gasteiger partial charge in [0, 0.05) is 5.69 Å². The fraction of sp³-hybridized carbons (Fsp3) is 0.200. The van der Waals surface area contributed by atoms with Gasteiger partial charge in [-0.05, 0) is 36.9 Å². The van der Waals surface area contributed by atoms with E-state index >= 15 is 0 Å². The van der Waals surface area contributed by atoms with Crippen LogP contribution in [0.4, 0.5) is 5.69 Å². The summed E-state index contributed by atoms with van der Waals surface area (Å²) in [4.78, 5) is 24.1. The first-order valence-electron chi connectivity index (χ1n) is 6.25. The molecule has 2 aromatic rings. The van der Waals surface area contributed by atoms with Crippen molar-refractivity contribution in [3.05, 3.63) is 51.7 Å². The molecule has 0 aliphatic carbocycles. The molecule has 0 bridgehead atoms. The molecular weight excluding hydrogens is 272 g/mol. The summed E-state index contributed by atoms with van der Waals surface area (Å²) in [7, 11) is 0. The normalized spacial score (nSPS) is 10.1. The van der Waals surface area contributed by atoms with Crippen molar-refractivity contribution in [2.75, 3.05) is 11.9 Å². The maximum Gasteiger partial charge on any atom is 0.261 e. The van der Waals surface area contributed by atoms with Gasteiger partial charge >= 0.3 is 0 Å². The van der Waals surface area contributed by atoms with E-state index in [2.05, 4.69) is 10.6 Å². The summed E-state index contributed by atoms with van der Waals surface area (Å²) in [5.74, 6) is -0.461. The highest BCUT2D eigenvalue weighted by atomic mass is 32.1. The van der Waals surface area contributed by atoms with E-state index in [1.165, 1.54) is 11.3 Å². The van der Waals surface area contributed by atoms with Gasteiger partial charge in [0.1, 0.15) is 0 Å². The van der Waals surface area contributed by atoms with E-state index in [0.717, 1.165) is 16.8 Å². The Morgan fingerprint density at radius 2 is 2.00 bits per heavy atom. The molecule has 0 unspecified atom stereocenters. The van der Waals surface area contributed by atoms with Gasteiger partial charge < -0.3 is 10.6 Å². The van der Waals surface area contributed by atoms with Gasteiger partial charge in [0.2, 0.25) is 5.91 Å². The average Bonchev–Trinajstić information content (AvgIpc) is 2.93. The molecule has 104 valence electrons. The van der Waals surface area contributed by atoms with Crippen LogP contribution < -0.4 is 10.6 Å². The molecule has 0 saturated heterocycles. The largest absolute Gasteiger partial charge is 0.342 e. The number of hydrogen-bond acceptors (Lipinski definition) is 3. The van der Waals surface area contributed by atoms with Crippen LogP contribution in [0.5, 0.6) is 0 Å². The van der Waals surface area contributed by atoms with Crippen LogP contribution in [0.15, 0.2) is 35.7 Å². The second-order valence-electron chi connectivity index (χ2n) is 4.53. The molecule has 4 nitrogen and oxygen atoms in total. The third-order valence-electron chi connectivity index (χ3n) is 2.81. The molecular formula is C15H16N2O2S. The van der Waals surface area contributed by atoms with Crippen LogP contribution in [0.25, 0.3) is 0 Å². The van der Waals surface area contributed by atoms with E-state index in [4.69, 9.17) is 0 Å². The Morgan fingerprint density at radius 3 is 2.65 bits per heavy atom. The molecule has 2 amide bonds. The summed E-state index contributed by atoms with van der Waals surface area (Å²) in [6.07, 6.45) is 0. The van der Waals surface area contributed by atoms with Crippen LogP contribution in [0.3, 0.4) is 0 Å². The Hall–Kier alpha value is -2.14. The highest BCUT2D eigenvalue weighted by Crippen LogP contribution is 2.15. The van der Waals surface area contributed by atoms with Crippen molar-refractivity contribution in [1.29, 1.82) is 0 Å². The van der Waals surface area contributed by atoms with Gasteiger partial charge in [0.25, 0.3) is 5.91 Å². The van der Waals surface area contributed by atoms with Gasteiger partial charge in [-0.3, -0.25) is 9.59 Å². The van der Waals surface area contributed by atoms with Crippen LogP contribution in [0.2, 0.25) is 0 Å². The number of carbonyl (C=O) groups is 2. The van der Waals surface area contributed by atoms with Gasteiger partial charge in [-0.15, -0.1) is 11.3 Å². The topological polar surface area (TPSA) is 58.2 Å². The predicted octanol–water partition coefficient (Wildman–Crippen LogP) is 2.73. The summed E-state index contributed by atoms with van der Waals surface area (Å²) in [5.41, 5.74) is 2.92. The molecule has 1 aromatic carbocycles. The molecule has 2 N–H and O–H groups in total. The van der Waals surface area contributed by atoms with E-state index in [1.807, 2.05) is 37.4 Å². The molecule has 0 aliphatic heterocycles. The monoisotopic (exact) mass is 288 g/mol. The van der Waals surface area contributed by atoms with E-state index in [1.54, 1.807) is 12.1 Å². The zero-order valence-corrected chi connectivity index (χ0v) is 12.2. The van der Waals surface area contributed by atoms with Crippen LogP contribution in [-0.2, 0) is 4.79 Å². The average molecular weight is 288 g/mol. The second kappa shape index (κ2) is 6.34. The Labute approximate surface area is 121 Å². The first kappa shape index (κ1) is 14.3. The lowest BCUT2D eigenvalue weighted by Gasteiger charge is -2.09. The van der Waals surface area contributed by atoms with Gasteiger partial charge in [0.05, 0.1) is 11.4 Å². The fourth-order valence-corrected chi connectivity index (χ4v) is 2.44. The molecule has 0 spiro atoms. The number of nitrogens with one attached hydrogen (secondary N) is 2. The summed E-state index contributed by atoms with van der Waals surface area (Å²) in [6.45, 7) is 3.90. The van der Waals surface area contributed by atoms with Crippen molar-refractivity contribution in [3.8, 4) is 0 Å². The lowest BCUT2D eigenvalue weighted by Crippen LogP contribution is -2.32. The van der Waals surface area contributed by atoms with E-state index in [9.17, 15) is 9.59 Å². The molecule has 2 rings (SSSR count). The minimum atomic E-state index is -0.234. The molecule has 5 heteroatoms. The number of anilines is 1. The maximum atomic E-state index is 11.8. The minimum Gasteiger partial charge on any atom is -0.342 e. The summed E-state index contributed by atoms with van der Waals surface area (Å²) < 4.78 is 0. The SMILES string of the molecule is Cc1ccc(NC(=O)CNC(=O)c2cccs2)c(C)c1. The molecule has 20 heavy (non-hydrogen) atoms. The summed E-state index contributed by atoms with van der Waals surface area (Å²) in [5, 5.41) is 7.21. The highest BCUT2D eigenvalue weighted by molar-refractivity contribution is 7.12. The van der Waals surface area contributed by atoms with Crippen LogP contribution in [0, 0.1) is 13.8 Å². The van der Waals surface area contributed by atoms with Gasteiger partial charge in [-0.2, -0.15) is 0 Å². The lowest BCUT2D eigenvalue weighted by atomic mass is 10.1. The van der Waals surface area contributed by atoms with Crippen molar-refractivity contribution in [3.63, 3.8) is 0 Å². The predicted molar refractivity (Wildman–Crippen MR) is 81.2 cm³/mol. The number of carbonyl (C=O) groups excluding carboxylic acids is 2. The van der Waals surface area contributed by atoms with E-state index in [-0.39, 0.29) is 18.4 Å². The number of rotatable bonds is 4. The van der Waals surface area contributed by atoms with Crippen LogP contribution in [-0.4, -0.2) is 18.4 Å². The first-order valence-corrected chi connectivity index (χ1v) is 7.13. The maximum absolute atomic E-state index is 11.8. The van der Waals surface area contributed by atoms with Gasteiger partial charge in [0.15, 0.2) is 0 Å². The number of thiophene rings is 1. The van der Waals surface area contributed by atoms with Crippen molar-refractivity contribution in [1.82, 2.24) is 5.32 Å². The Balaban J connectivity index is 1.88. The zero-order chi connectivity index (χ0) is 14.5. The minimum absolute atomic E-state index is 0.0376. The molecule has 0 saturated carbocycles. The quantitative estimate of drug-likeness (QED) is 0.909. The zero-order valence-electron chi connectivity index (χ0n) is 11.4. The first-order chi connectivity index (χ1) is 9.56. The highest BCUT2D eigenvalue weighted by Gasteiger charge is 2.09. The smallest absolute Gasteiger partial charge is 0.261 e. The van der Waals surface area contributed by atoms with Crippen molar-refractivity contribution in [2.45, 2.75) is 13.8 Å². The number of amides is 2. The number of aryl methyl sites for hydroxylation is 2. The lowest BCUT2D eigenvalue weighted by molar-refractivity contribution is -0.115. The number of hydrogen-bond donors (Lipinski definition) is 2. The van der Waals surface area contributed by atoms with Gasteiger partial charge in [-0.1, -0.05) is 23.8 Å². The Bertz CT molecular complexity index is 621. The molecule has 0 radical (unpaired) electrons. The van der Waals surface area contributed by atoms with E-state index < -0.39 is 0 Å². The molecule has 0 atom stereocenters. The standard InChI is InChI=1S/C15H16N2O2S/c1-10-5-6-12(11(2)8-10)17-14(18)9-16-15(19)13-4-3-7-20-13/h3-8H,9H2,1-2H3,(H,16,19)(H,17,18). The summed E-state index contributed by atoms with van der Waals surface area (Å²) in [6, 6.07) is 9.33. The third kappa shape index (κ3) is 3.68. The van der Waals surface area contributed by atoms with Crippen molar-refractivity contribution in [2.24, 2.45) is 0 Å².